The Morgan fingerprint density at radius 2 is 1.85 bits per heavy atom. The van der Waals surface area contributed by atoms with E-state index in [0.717, 1.165) is 31.7 Å². The van der Waals surface area contributed by atoms with Gasteiger partial charge >= 0.3 is 0 Å². The number of likely N-dealkylation sites (N-methyl/N-ethyl adjacent to an activating group) is 1. The van der Waals surface area contributed by atoms with Crippen LogP contribution in [0.15, 0.2) is 36.5 Å². The van der Waals surface area contributed by atoms with Crippen molar-refractivity contribution < 1.29 is 0 Å². The van der Waals surface area contributed by atoms with Crippen LogP contribution in [0.4, 0.5) is 0 Å². The molecule has 5 nitrogen and oxygen atoms in total. The van der Waals surface area contributed by atoms with Gasteiger partial charge in [-0.15, -0.1) is 0 Å². The van der Waals surface area contributed by atoms with Gasteiger partial charge in [-0.1, -0.05) is 12.1 Å². The Balaban J connectivity index is 1.91. The SMILES string of the molecule is CN1CCN(C2(c3ccc(C#N)cc3)C=CNN2)CC1. The fourth-order valence-corrected chi connectivity index (χ4v) is 2.85. The Kier molecular flexibility index (Phi) is 3.45. The van der Waals surface area contributed by atoms with Crippen molar-refractivity contribution in [3.63, 3.8) is 0 Å². The van der Waals surface area contributed by atoms with Crippen molar-refractivity contribution in [2.75, 3.05) is 33.2 Å². The maximum Gasteiger partial charge on any atom is 0.135 e. The van der Waals surface area contributed by atoms with Gasteiger partial charge in [0.25, 0.3) is 0 Å². The summed E-state index contributed by atoms with van der Waals surface area (Å²) in [5.74, 6) is 0. The Bertz CT molecular complexity index is 536. The van der Waals surface area contributed by atoms with E-state index in [-0.39, 0.29) is 5.66 Å². The van der Waals surface area contributed by atoms with E-state index in [9.17, 15) is 0 Å². The lowest BCUT2D eigenvalue weighted by Gasteiger charge is -2.44. The zero-order chi connectivity index (χ0) is 14.0. The number of hydrogen-bond donors (Lipinski definition) is 2. The number of hydrogen-bond acceptors (Lipinski definition) is 5. The summed E-state index contributed by atoms with van der Waals surface area (Å²) in [5, 5.41) is 8.93. The molecule has 0 saturated carbocycles. The molecule has 2 aliphatic rings. The maximum atomic E-state index is 8.93. The molecule has 1 aromatic rings. The van der Waals surface area contributed by atoms with E-state index in [4.69, 9.17) is 5.26 Å². The summed E-state index contributed by atoms with van der Waals surface area (Å²) in [7, 11) is 2.15. The van der Waals surface area contributed by atoms with E-state index in [1.165, 1.54) is 0 Å². The third kappa shape index (κ3) is 2.18. The summed E-state index contributed by atoms with van der Waals surface area (Å²) in [6, 6.07) is 9.98. The number of benzene rings is 1. The minimum atomic E-state index is -0.310. The van der Waals surface area contributed by atoms with Crippen molar-refractivity contribution in [1.82, 2.24) is 20.7 Å². The molecule has 0 bridgehead atoms. The van der Waals surface area contributed by atoms with Gasteiger partial charge in [-0.05, 0) is 30.8 Å². The summed E-state index contributed by atoms with van der Waals surface area (Å²) < 4.78 is 0. The van der Waals surface area contributed by atoms with E-state index in [1.807, 2.05) is 30.5 Å². The van der Waals surface area contributed by atoms with E-state index in [1.54, 1.807) is 0 Å². The topological polar surface area (TPSA) is 54.3 Å². The molecule has 0 amide bonds. The van der Waals surface area contributed by atoms with Crippen LogP contribution in [0.25, 0.3) is 0 Å². The predicted molar refractivity (Wildman–Crippen MR) is 77.3 cm³/mol. The average molecular weight is 269 g/mol. The highest BCUT2D eigenvalue weighted by molar-refractivity contribution is 5.37. The van der Waals surface area contributed by atoms with Crippen molar-refractivity contribution in [2.45, 2.75) is 5.66 Å². The number of rotatable bonds is 2. The van der Waals surface area contributed by atoms with Crippen molar-refractivity contribution in [1.29, 1.82) is 5.26 Å². The number of hydrazine groups is 1. The van der Waals surface area contributed by atoms with Crippen LogP contribution in [0.5, 0.6) is 0 Å². The number of nitrogens with one attached hydrogen (secondary N) is 2. The highest BCUT2D eigenvalue weighted by Gasteiger charge is 2.39. The molecule has 0 aliphatic carbocycles. The summed E-state index contributed by atoms with van der Waals surface area (Å²) in [5.41, 5.74) is 8.01. The summed E-state index contributed by atoms with van der Waals surface area (Å²) >= 11 is 0. The molecule has 3 rings (SSSR count). The zero-order valence-corrected chi connectivity index (χ0v) is 11.6. The number of piperazine rings is 1. The third-order valence-corrected chi connectivity index (χ3v) is 4.13. The Morgan fingerprint density at radius 3 is 2.40 bits per heavy atom. The first-order valence-corrected chi connectivity index (χ1v) is 6.89. The molecule has 2 N–H and O–H groups in total. The summed E-state index contributed by atoms with van der Waals surface area (Å²) in [6.07, 6.45) is 4.09. The summed E-state index contributed by atoms with van der Waals surface area (Å²) in [4.78, 5) is 4.78. The first-order chi connectivity index (χ1) is 9.74. The Hall–Kier alpha value is -1.87. The van der Waals surface area contributed by atoms with Crippen molar-refractivity contribution >= 4 is 0 Å². The number of nitrogens with zero attached hydrogens (tertiary/aromatic N) is 3. The average Bonchev–Trinajstić information content (AvgIpc) is 2.99. The van der Waals surface area contributed by atoms with Crippen molar-refractivity contribution in [2.24, 2.45) is 0 Å². The van der Waals surface area contributed by atoms with Crippen LogP contribution >= 0.6 is 0 Å². The minimum absolute atomic E-state index is 0.310. The van der Waals surface area contributed by atoms with Crippen molar-refractivity contribution in [3.8, 4) is 6.07 Å². The second kappa shape index (κ2) is 5.25. The fourth-order valence-electron chi connectivity index (χ4n) is 2.85. The Labute approximate surface area is 119 Å². The highest BCUT2D eigenvalue weighted by Crippen LogP contribution is 2.30. The summed E-state index contributed by atoms with van der Waals surface area (Å²) in [6.45, 7) is 4.14. The van der Waals surface area contributed by atoms with Gasteiger partial charge in [0.05, 0.1) is 11.6 Å². The zero-order valence-electron chi connectivity index (χ0n) is 11.6. The third-order valence-electron chi connectivity index (χ3n) is 4.13. The fraction of sp³-hybridized carbons (Fsp3) is 0.400. The standard InChI is InChI=1S/C15H19N5/c1-19-8-10-20(11-9-19)15(6-7-17-18-15)14-4-2-13(12-16)3-5-14/h2-7,17-18H,8-11H2,1H3. The molecule has 1 unspecified atom stereocenters. The molecule has 0 aromatic heterocycles. The molecule has 5 heteroatoms. The highest BCUT2D eigenvalue weighted by atomic mass is 15.5. The molecule has 2 aliphatic heterocycles. The molecule has 2 heterocycles. The molecule has 0 spiro atoms. The lowest BCUT2D eigenvalue weighted by Crippen LogP contribution is -2.60. The van der Waals surface area contributed by atoms with Crippen LogP contribution in [0.1, 0.15) is 11.1 Å². The molecule has 1 saturated heterocycles. The lowest BCUT2D eigenvalue weighted by molar-refractivity contribution is 0.0459. The predicted octanol–water partition coefficient (Wildman–Crippen LogP) is 0.580. The van der Waals surface area contributed by atoms with Gasteiger partial charge in [0, 0.05) is 32.4 Å². The second-order valence-electron chi connectivity index (χ2n) is 5.35. The quantitative estimate of drug-likeness (QED) is 0.822. The molecule has 0 radical (unpaired) electrons. The first-order valence-electron chi connectivity index (χ1n) is 6.89. The van der Waals surface area contributed by atoms with Crippen LogP contribution in [0.3, 0.4) is 0 Å². The normalized spacial score (nSPS) is 27.2. The van der Waals surface area contributed by atoms with Gasteiger partial charge in [0.1, 0.15) is 5.66 Å². The van der Waals surface area contributed by atoms with Gasteiger partial charge < -0.3 is 10.3 Å². The van der Waals surface area contributed by atoms with Gasteiger partial charge in [-0.3, -0.25) is 4.90 Å². The smallest absolute Gasteiger partial charge is 0.135 e. The maximum absolute atomic E-state index is 8.93. The van der Waals surface area contributed by atoms with E-state index < -0.39 is 0 Å². The monoisotopic (exact) mass is 269 g/mol. The largest absolute Gasteiger partial charge is 0.327 e. The van der Waals surface area contributed by atoms with Crippen molar-refractivity contribution in [3.05, 3.63) is 47.7 Å². The molecular formula is C15H19N5. The molecule has 104 valence electrons. The van der Waals surface area contributed by atoms with Gasteiger partial charge in [0.15, 0.2) is 0 Å². The first kappa shape index (κ1) is 13.1. The minimum Gasteiger partial charge on any atom is -0.327 e. The van der Waals surface area contributed by atoms with Gasteiger partial charge in [-0.25, -0.2) is 5.43 Å². The van der Waals surface area contributed by atoms with Crippen LogP contribution in [0, 0.1) is 11.3 Å². The molecule has 1 aromatic carbocycles. The van der Waals surface area contributed by atoms with Gasteiger partial charge in [-0.2, -0.15) is 5.26 Å². The second-order valence-corrected chi connectivity index (χ2v) is 5.35. The van der Waals surface area contributed by atoms with E-state index in [0.29, 0.717) is 5.56 Å². The molecule has 1 atom stereocenters. The lowest BCUT2D eigenvalue weighted by atomic mass is 9.96. The molecule has 20 heavy (non-hydrogen) atoms. The number of nitriles is 1. The van der Waals surface area contributed by atoms with E-state index in [2.05, 4.69) is 39.8 Å². The Morgan fingerprint density at radius 1 is 1.15 bits per heavy atom. The van der Waals surface area contributed by atoms with Crippen LogP contribution in [0.2, 0.25) is 0 Å². The van der Waals surface area contributed by atoms with Crippen LogP contribution in [-0.2, 0) is 5.66 Å². The van der Waals surface area contributed by atoms with E-state index >= 15 is 0 Å². The molecular weight excluding hydrogens is 250 g/mol. The van der Waals surface area contributed by atoms with Gasteiger partial charge in [0.2, 0.25) is 0 Å². The molecule has 1 fully saturated rings. The van der Waals surface area contributed by atoms with Crippen LogP contribution < -0.4 is 10.9 Å². The van der Waals surface area contributed by atoms with Crippen LogP contribution in [-0.4, -0.2) is 43.0 Å².